The van der Waals surface area contributed by atoms with Crippen LogP contribution < -0.4 is 9.47 Å². The van der Waals surface area contributed by atoms with Gasteiger partial charge in [-0.15, -0.1) is 6.58 Å². The van der Waals surface area contributed by atoms with Crippen LogP contribution in [0.25, 0.3) is 0 Å². The molecule has 1 saturated carbocycles. The molecule has 4 unspecified atom stereocenters. The van der Waals surface area contributed by atoms with Gasteiger partial charge in [0, 0.05) is 5.92 Å². The summed E-state index contributed by atoms with van der Waals surface area (Å²) in [6.45, 7) is 10.2. The Kier molecular flexibility index (Phi) is 8.96. The number of phenolic OH excluding ortho intramolecular Hbond substituents is 1. The van der Waals surface area contributed by atoms with Crippen molar-refractivity contribution in [3.8, 4) is 17.2 Å². The molecule has 0 amide bonds. The van der Waals surface area contributed by atoms with Crippen molar-refractivity contribution in [2.24, 2.45) is 23.7 Å². The first-order valence-electron chi connectivity index (χ1n) is 12.2. The zero-order chi connectivity index (χ0) is 25.5. The molecule has 188 valence electrons. The molecule has 2 aromatic carbocycles. The van der Waals surface area contributed by atoms with E-state index in [0.717, 1.165) is 24.8 Å². The normalized spacial score (nSPS) is 20.7. The van der Waals surface area contributed by atoms with E-state index in [2.05, 4.69) is 27.4 Å². The van der Waals surface area contributed by atoms with Crippen LogP contribution in [0.2, 0.25) is 0 Å². The van der Waals surface area contributed by atoms with E-state index in [0.29, 0.717) is 24.0 Å². The number of benzene rings is 2. The van der Waals surface area contributed by atoms with Gasteiger partial charge in [-0.1, -0.05) is 51.5 Å². The Balaban J connectivity index is 1.94. The number of ether oxygens (including phenoxy) is 3. The molecule has 3 rings (SSSR count). The molecule has 0 bridgehead atoms. The predicted octanol–water partition coefficient (Wildman–Crippen LogP) is 5.97. The molecule has 1 aliphatic carbocycles. The van der Waals surface area contributed by atoms with Crippen LogP contribution in [0, 0.1) is 23.7 Å². The molecule has 2 aromatic rings. The first kappa shape index (κ1) is 26.3. The molecule has 4 atom stereocenters. The van der Waals surface area contributed by atoms with E-state index in [1.807, 2.05) is 6.07 Å². The summed E-state index contributed by atoms with van der Waals surface area (Å²) in [5, 5.41) is 10.2. The number of para-hydroxylation sites is 1. The van der Waals surface area contributed by atoms with Crippen LogP contribution in [0.4, 0.5) is 0 Å². The number of methoxy groups -OCH3 is 1. The lowest BCUT2D eigenvalue weighted by Crippen LogP contribution is -2.44. The average molecular weight is 481 g/mol. The van der Waals surface area contributed by atoms with Crippen molar-refractivity contribution in [2.75, 3.05) is 7.11 Å². The van der Waals surface area contributed by atoms with Crippen LogP contribution in [0.15, 0.2) is 55.1 Å². The molecule has 0 radical (unpaired) electrons. The molecule has 0 aromatic heterocycles. The number of hydrogen-bond donors (Lipinski definition) is 1. The van der Waals surface area contributed by atoms with Crippen LogP contribution >= 0.6 is 0 Å². The number of phenols is 1. The quantitative estimate of drug-likeness (QED) is 0.271. The molecular formula is C29H36O6. The van der Waals surface area contributed by atoms with Crippen LogP contribution in [0.5, 0.6) is 17.2 Å². The summed E-state index contributed by atoms with van der Waals surface area (Å²) in [5.74, 6) is -0.222. The summed E-state index contributed by atoms with van der Waals surface area (Å²) in [5.41, 5.74) is 0.988. The van der Waals surface area contributed by atoms with Crippen molar-refractivity contribution in [1.29, 1.82) is 0 Å². The van der Waals surface area contributed by atoms with E-state index in [4.69, 9.17) is 14.2 Å². The van der Waals surface area contributed by atoms with Crippen molar-refractivity contribution in [1.82, 2.24) is 0 Å². The summed E-state index contributed by atoms with van der Waals surface area (Å²) in [6.07, 6.45) is 4.07. The Labute approximate surface area is 207 Å². The maximum absolute atomic E-state index is 13.6. The van der Waals surface area contributed by atoms with Gasteiger partial charge in [0.1, 0.15) is 11.3 Å². The SMILES string of the molecule is C=CCc1ccc(OC(=O)C(OC(=O)c2ccccc2O)C2CC(C)CCC2C(C)C)c(OC)c1. The highest BCUT2D eigenvalue weighted by Gasteiger charge is 2.43. The Morgan fingerprint density at radius 3 is 2.51 bits per heavy atom. The topological polar surface area (TPSA) is 82.1 Å². The van der Waals surface area contributed by atoms with Crippen molar-refractivity contribution < 1.29 is 28.9 Å². The van der Waals surface area contributed by atoms with E-state index in [9.17, 15) is 14.7 Å². The number of hydrogen-bond acceptors (Lipinski definition) is 6. The lowest BCUT2D eigenvalue weighted by atomic mass is 9.68. The number of aromatic hydroxyl groups is 1. The first-order chi connectivity index (χ1) is 16.7. The number of rotatable bonds is 9. The highest BCUT2D eigenvalue weighted by molar-refractivity contribution is 5.94. The van der Waals surface area contributed by atoms with Gasteiger partial charge in [0.05, 0.1) is 7.11 Å². The van der Waals surface area contributed by atoms with Crippen LogP contribution in [-0.4, -0.2) is 30.3 Å². The Morgan fingerprint density at radius 1 is 1.11 bits per heavy atom. The fourth-order valence-electron chi connectivity index (χ4n) is 5.02. The standard InChI is InChI=1S/C29H36O6/c1-6-9-20-13-15-25(26(17-20)33-5)34-29(32)27(23-16-19(4)12-14-21(23)18(2)3)35-28(31)22-10-7-8-11-24(22)30/h6-8,10-11,13,15,17-19,21,23,27,30H,1,9,12,14,16H2,2-5H3. The van der Waals surface area contributed by atoms with Crippen molar-refractivity contribution in [3.05, 3.63) is 66.2 Å². The third kappa shape index (κ3) is 6.44. The summed E-state index contributed by atoms with van der Waals surface area (Å²) in [7, 11) is 1.51. The average Bonchev–Trinajstić information content (AvgIpc) is 2.83. The van der Waals surface area contributed by atoms with Crippen LogP contribution in [0.1, 0.15) is 56.0 Å². The second-order valence-electron chi connectivity index (χ2n) is 9.73. The van der Waals surface area contributed by atoms with Crippen molar-refractivity contribution in [2.45, 2.75) is 52.6 Å². The number of carbonyl (C=O) groups is 2. The minimum atomic E-state index is -1.12. The molecule has 35 heavy (non-hydrogen) atoms. The van der Waals surface area contributed by atoms with E-state index in [1.54, 1.807) is 30.3 Å². The summed E-state index contributed by atoms with van der Waals surface area (Å²) >= 11 is 0. The van der Waals surface area contributed by atoms with Gasteiger partial charge in [0.15, 0.2) is 11.5 Å². The first-order valence-corrected chi connectivity index (χ1v) is 12.2. The Morgan fingerprint density at radius 2 is 1.86 bits per heavy atom. The Hall–Kier alpha value is -3.28. The zero-order valence-corrected chi connectivity index (χ0v) is 21.0. The van der Waals surface area contributed by atoms with Gasteiger partial charge in [-0.2, -0.15) is 0 Å². The third-order valence-electron chi connectivity index (χ3n) is 6.87. The van der Waals surface area contributed by atoms with Gasteiger partial charge < -0.3 is 19.3 Å². The molecule has 6 heteroatoms. The highest BCUT2D eigenvalue weighted by Crippen LogP contribution is 2.41. The molecule has 1 N–H and O–H groups in total. The van der Waals surface area contributed by atoms with Crippen molar-refractivity contribution >= 4 is 11.9 Å². The molecule has 1 aliphatic rings. The van der Waals surface area contributed by atoms with Gasteiger partial charge in [0.25, 0.3) is 0 Å². The molecule has 0 saturated heterocycles. The van der Waals surface area contributed by atoms with Gasteiger partial charge >= 0.3 is 11.9 Å². The predicted molar refractivity (Wildman–Crippen MR) is 135 cm³/mol. The van der Waals surface area contributed by atoms with Crippen molar-refractivity contribution in [3.63, 3.8) is 0 Å². The summed E-state index contributed by atoms with van der Waals surface area (Å²) in [6, 6.07) is 11.5. The van der Waals surface area contributed by atoms with E-state index in [1.165, 1.54) is 19.2 Å². The zero-order valence-electron chi connectivity index (χ0n) is 21.0. The minimum Gasteiger partial charge on any atom is -0.507 e. The molecule has 0 spiro atoms. The number of allylic oxidation sites excluding steroid dienone is 1. The molecule has 6 nitrogen and oxygen atoms in total. The van der Waals surface area contributed by atoms with Gasteiger partial charge in [-0.05, 0) is 66.8 Å². The molecule has 1 fully saturated rings. The lowest BCUT2D eigenvalue weighted by Gasteiger charge is -2.40. The lowest BCUT2D eigenvalue weighted by molar-refractivity contribution is -0.151. The second kappa shape index (κ2) is 11.9. The van der Waals surface area contributed by atoms with Gasteiger partial charge in [0.2, 0.25) is 6.10 Å². The highest BCUT2D eigenvalue weighted by atomic mass is 16.6. The summed E-state index contributed by atoms with van der Waals surface area (Å²) < 4.78 is 17.1. The molecular weight excluding hydrogens is 444 g/mol. The van der Waals surface area contributed by atoms with E-state index >= 15 is 0 Å². The fourth-order valence-corrected chi connectivity index (χ4v) is 5.02. The maximum atomic E-state index is 13.6. The van der Waals surface area contributed by atoms with Crippen LogP contribution in [-0.2, 0) is 16.0 Å². The van der Waals surface area contributed by atoms with Gasteiger partial charge in [-0.25, -0.2) is 9.59 Å². The maximum Gasteiger partial charge on any atom is 0.353 e. The molecule has 0 aliphatic heterocycles. The van der Waals surface area contributed by atoms with Crippen LogP contribution in [0.3, 0.4) is 0 Å². The fraction of sp³-hybridized carbons (Fsp3) is 0.448. The largest absolute Gasteiger partial charge is 0.507 e. The summed E-state index contributed by atoms with van der Waals surface area (Å²) in [4.78, 5) is 26.6. The second-order valence-corrected chi connectivity index (χ2v) is 9.73. The van der Waals surface area contributed by atoms with Gasteiger partial charge in [-0.3, -0.25) is 0 Å². The Bertz CT molecular complexity index is 1040. The minimum absolute atomic E-state index is 0.0154. The third-order valence-corrected chi connectivity index (χ3v) is 6.87. The number of carbonyl (C=O) groups excluding carboxylic acids is 2. The smallest absolute Gasteiger partial charge is 0.353 e. The number of esters is 2. The molecule has 0 heterocycles. The van der Waals surface area contributed by atoms with E-state index in [-0.39, 0.29) is 28.9 Å². The monoisotopic (exact) mass is 480 g/mol. The van der Waals surface area contributed by atoms with E-state index < -0.39 is 18.0 Å².